The van der Waals surface area contributed by atoms with Crippen LogP contribution in [0.4, 0.5) is 5.13 Å². The van der Waals surface area contributed by atoms with Gasteiger partial charge in [0.25, 0.3) is 0 Å². The van der Waals surface area contributed by atoms with E-state index in [4.69, 9.17) is 4.98 Å². The van der Waals surface area contributed by atoms with Crippen LogP contribution in [-0.2, 0) is 16.6 Å². The quantitative estimate of drug-likeness (QED) is 0.784. The monoisotopic (exact) mass is 390 g/mol. The van der Waals surface area contributed by atoms with Crippen molar-refractivity contribution in [2.75, 3.05) is 11.1 Å². The molecule has 0 unspecified atom stereocenters. The van der Waals surface area contributed by atoms with E-state index in [2.05, 4.69) is 46.5 Å². The van der Waals surface area contributed by atoms with Gasteiger partial charge in [0, 0.05) is 11.3 Å². The summed E-state index contributed by atoms with van der Waals surface area (Å²) in [5, 5.41) is 21.5. The van der Waals surface area contributed by atoms with Gasteiger partial charge in [-0.05, 0) is 24.7 Å². The van der Waals surface area contributed by atoms with Crippen LogP contribution in [0, 0.1) is 5.41 Å². The molecule has 4 rings (SSSR count). The van der Waals surface area contributed by atoms with E-state index >= 15 is 0 Å². The van der Waals surface area contributed by atoms with Crippen LogP contribution >= 0.6 is 23.1 Å². The van der Waals surface area contributed by atoms with Gasteiger partial charge in [-0.25, -0.2) is 4.98 Å². The molecule has 0 spiro atoms. The zero-order valence-corrected chi connectivity index (χ0v) is 17.0. The molecule has 1 N–H and O–H groups in total. The molecule has 0 aromatic carbocycles. The van der Waals surface area contributed by atoms with E-state index in [9.17, 15) is 4.79 Å². The Morgan fingerprint density at radius 3 is 2.81 bits per heavy atom. The van der Waals surface area contributed by atoms with Crippen LogP contribution in [0.15, 0.2) is 5.16 Å². The van der Waals surface area contributed by atoms with Gasteiger partial charge >= 0.3 is 0 Å². The molecule has 2 aliphatic carbocycles. The first-order valence-corrected chi connectivity index (χ1v) is 10.7. The van der Waals surface area contributed by atoms with Crippen LogP contribution in [0.5, 0.6) is 0 Å². The zero-order chi connectivity index (χ0) is 18.5. The largest absolute Gasteiger partial charge is 0.300 e. The number of anilines is 1. The predicted octanol–water partition coefficient (Wildman–Crippen LogP) is 3.19. The fourth-order valence-electron chi connectivity index (χ4n) is 4.16. The highest BCUT2D eigenvalue weighted by Gasteiger charge is 2.61. The van der Waals surface area contributed by atoms with Crippen LogP contribution in [0.1, 0.15) is 62.8 Å². The first-order chi connectivity index (χ1) is 12.3. The molecule has 2 aromatic rings. The van der Waals surface area contributed by atoms with Gasteiger partial charge in [0.1, 0.15) is 5.01 Å². The lowest BCUT2D eigenvalue weighted by Gasteiger charge is -2.33. The van der Waals surface area contributed by atoms with Crippen molar-refractivity contribution in [1.82, 2.24) is 25.4 Å². The highest BCUT2D eigenvalue weighted by molar-refractivity contribution is 7.99. The van der Waals surface area contributed by atoms with Gasteiger partial charge in [0.05, 0.1) is 17.1 Å². The summed E-state index contributed by atoms with van der Waals surface area (Å²) in [6.45, 7) is 8.91. The number of rotatable bonds is 5. The number of nitrogens with zero attached hydrogens (tertiary/aromatic N) is 5. The number of aryl methyl sites for hydroxylation is 1. The molecule has 1 fully saturated rings. The third-order valence-corrected chi connectivity index (χ3v) is 7.94. The van der Waals surface area contributed by atoms with E-state index in [1.54, 1.807) is 0 Å². The highest BCUT2D eigenvalue weighted by Crippen LogP contribution is 2.66. The van der Waals surface area contributed by atoms with Crippen molar-refractivity contribution in [1.29, 1.82) is 0 Å². The summed E-state index contributed by atoms with van der Waals surface area (Å²) in [7, 11) is 0. The highest BCUT2D eigenvalue weighted by atomic mass is 32.2. The molecule has 2 bridgehead atoms. The van der Waals surface area contributed by atoms with Crippen LogP contribution in [0.2, 0.25) is 0 Å². The molecule has 0 aliphatic heterocycles. The molecule has 9 heteroatoms. The smallest absolute Gasteiger partial charge is 0.236 e. The first kappa shape index (κ1) is 17.8. The van der Waals surface area contributed by atoms with Crippen LogP contribution in [-0.4, -0.2) is 37.0 Å². The van der Waals surface area contributed by atoms with Gasteiger partial charge in [-0.15, -0.1) is 15.3 Å². The minimum Gasteiger partial charge on any atom is -0.300 e. The Bertz CT molecular complexity index is 867. The zero-order valence-electron chi connectivity index (χ0n) is 15.4. The average molecular weight is 391 g/mol. The molecule has 0 saturated heterocycles. The van der Waals surface area contributed by atoms with Crippen molar-refractivity contribution in [3.8, 4) is 0 Å². The van der Waals surface area contributed by atoms with Gasteiger partial charge in [0.15, 0.2) is 0 Å². The molecule has 2 heterocycles. The van der Waals surface area contributed by atoms with Crippen molar-refractivity contribution in [3.05, 3.63) is 16.4 Å². The Morgan fingerprint density at radius 1 is 1.27 bits per heavy atom. The van der Waals surface area contributed by atoms with E-state index in [1.807, 2.05) is 6.92 Å². The fourth-order valence-corrected chi connectivity index (χ4v) is 5.44. The Kier molecular flexibility index (Phi) is 4.26. The molecule has 2 aliphatic rings. The number of aromatic nitrogens is 5. The fraction of sp³-hybridized carbons (Fsp3) is 0.647. The lowest BCUT2D eigenvalue weighted by molar-refractivity contribution is -0.113. The average Bonchev–Trinajstić information content (AvgIpc) is 3.20. The number of hydrogen-bond acceptors (Lipinski definition) is 8. The molecule has 138 valence electrons. The maximum atomic E-state index is 12.1. The van der Waals surface area contributed by atoms with Crippen LogP contribution < -0.4 is 5.32 Å². The maximum Gasteiger partial charge on any atom is 0.236 e. The second kappa shape index (κ2) is 6.23. The minimum absolute atomic E-state index is 0.0453. The van der Waals surface area contributed by atoms with Gasteiger partial charge in [-0.1, -0.05) is 50.8 Å². The standard InChI is InChI=1S/C17H22N6OS2/c1-5-11-20-23-15(26-11)18-10(24)8-25-14-19-13-12(21-22-14)9-6-7-17(13,4)16(9,2)3/h9H,5-8H2,1-4H3,(H,18,23,24)/t9-,17-/m1/s1. The number of nitrogens with one attached hydrogen (secondary N) is 1. The molecule has 0 radical (unpaired) electrons. The number of carbonyl (C=O) groups excluding carboxylic acids is 1. The Morgan fingerprint density at radius 2 is 2.08 bits per heavy atom. The summed E-state index contributed by atoms with van der Waals surface area (Å²) in [4.78, 5) is 16.9. The summed E-state index contributed by atoms with van der Waals surface area (Å²) in [5.74, 6) is 0.534. The maximum absolute atomic E-state index is 12.1. The number of thioether (sulfide) groups is 1. The van der Waals surface area contributed by atoms with Crippen molar-refractivity contribution < 1.29 is 4.79 Å². The van der Waals surface area contributed by atoms with Crippen LogP contribution in [0.3, 0.4) is 0 Å². The second-order valence-corrected chi connectivity index (χ2v) is 9.67. The van der Waals surface area contributed by atoms with Crippen molar-refractivity contribution >= 4 is 34.1 Å². The second-order valence-electron chi connectivity index (χ2n) is 7.66. The summed E-state index contributed by atoms with van der Waals surface area (Å²) < 4.78 is 0. The van der Waals surface area contributed by atoms with Gasteiger partial charge in [-0.3, -0.25) is 10.1 Å². The molecule has 7 nitrogen and oxygen atoms in total. The topological polar surface area (TPSA) is 93.6 Å². The molecule has 1 saturated carbocycles. The van der Waals surface area contributed by atoms with E-state index in [1.165, 1.54) is 23.1 Å². The number of hydrogen-bond donors (Lipinski definition) is 1. The molecule has 2 aromatic heterocycles. The van der Waals surface area contributed by atoms with E-state index in [0.717, 1.165) is 35.7 Å². The normalized spacial score (nSPS) is 25.3. The lowest BCUT2D eigenvalue weighted by Crippen LogP contribution is -2.32. The lowest BCUT2D eigenvalue weighted by atomic mass is 9.70. The Balaban J connectivity index is 1.44. The molecule has 1 amide bonds. The minimum atomic E-state index is -0.133. The van der Waals surface area contributed by atoms with Crippen molar-refractivity contribution in [2.45, 2.75) is 63.4 Å². The third kappa shape index (κ3) is 2.63. The molecule has 26 heavy (non-hydrogen) atoms. The van der Waals surface area contributed by atoms with Crippen LogP contribution in [0.25, 0.3) is 0 Å². The van der Waals surface area contributed by atoms with Crippen molar-refractivity contribution in [2.24, 2.45) is 5.41 Å². The van der Waals surface area contributed by atoms with Gasteiger partial charge in [0.2, 0.25) is 16.2 Å². The summed E-state index contributed by atoms with van der Waals surface area (Å²) in [5.41, 5.74) is 2.34. The van der Waals surface area contributed by atoms with E-state index in [0.29, 0.717) is 16.2 Å². The molecular formula is C17H22N6OS2. The van der Waals surface area contributed by atoms with Crippen molar-refractivity contribution in [3.63, 3.8) is 0 Å². The van der Waals surface area contributed by atoms with E-state index < -0.39 is 0 Å². The number of fused-ring (bicyclic) bond motifs is 5. The molecular weight excluding hydrogens is 368 g/mol. The third-order valence-electron chi connectivity index (χ3n) is 6.12. The van der Waals surface area contributed by atoms with E-state index in [-0.39, 0.29) is 22.5 Å². The SMILES string of the molecule is CCc1nnc(NC(=O)CSc2nnc3c(n2)[C@@]2(C)CC[C@H]3C2(C)C)s1. The summed E-state index contributed by atoms with van der Waals surface area (Å²) in [6.07, 6.45) is 3.11. The Hall–Kier alpha value is -1.61. The predicted molar refractivity (Wildman–Crippen MR) is 102 cm³/mol. The number of carbonyl (C=O) groups is 1. The van der Waals surface area contributed by atoms with Gasteiger partial charge in [-0.2, -0.15) is 5.10 Å². The number of amides is 1. The Labute approximate surface area is 160 Å². The van der Waals surface area contributed by atoms with Gasteiger partial charge < -0.3 is 0 Å². The molecule has 2 atom stereocenters. The summed E-state index contributed by atoms with van der Waals surface area (Å²) in [6, 6.07) is 0. The summed E-state index contributed by atoms with van der Waals surface area (Å²) >= 11 is 2.71. The first-order valence-electron chi connectivity index (χ1n) is 8.85.